The molecule has 2 aromatic rings. The zero-order valence-corrected chi connectivity index (χ0v) is 11.7. The van der Waals surface area contributed by atoms with Crippen molar-refractivity contribution >= 4 is 23.4 Å². The molecule has 0 amide bonds. The zero-order chi connectivity index (χ0) is 13.9. The topological polar surface area (TPSA) is 66.0 Å². The van der Waals surface area contributed by atoms with Gasteiger partial charge in [-0.3, -0.25) is 0 Å². The van der Waals surface area contributed by atoms with Crippen LogP contribution >= 0.6 is 11.6 Å². The van der Waals surface area contributed by atoms with Crippen molar-refractivity contribution in [2.45, 2.75) is 12.8 Å². The molecule has 2 N–H and O–H groups in total. The molecule has 20 heavy (non-hydrogen) atoms. The Kier molecular flexibility index (Phi) is 3.52. The highest BCUT2D eigenvalue weighted by Gasteiger charge is 2.21. The molecule has 3 rings (SSSR count). The first kappa shape index (κ1) is 12.9. The summed E-state index contributed by atoms with van der Waals surface area (Å²) in [5.41, 5.74) is 7.19. The lowest BCUT2D eigenvalue weighted by atomic mass is 9.93. The highest BCUT2D eigenvalue weighted by Crippen LogP contribution is 2.23. The smallest absolute Gasteiger partial charge is 0.115 e. The third-order valence-corrected chi connectivity index (χ3v) is 3.51. The van der Waals surface area contributed by atoms with Gasteiger partial charge >= 0.3 is 0 Å². The average Bonchev–Trinajstić information content (AvgIpc) is 3.09. The Labute approximate surface area is 121 Å². The Morgan fingerprint density at radius 2 is 2.10 bits per heavy atom. The van der Waals surface area contributed by atoms with Crippen molar-refractivity contribution in [2.24, 2.45) is 5.10 Å². The Balaban J connectivity index is 1.87. The van der Waals surface area contributed by atoms with E-state index >= 15 is 0 Å². The Morgan fingerprint density at radius 1 is 1.30 bits per heavy atom. The van der Waals surface area contributed by atoms with Gasteiger partial charge in [-0.25, -0.2) is 9.97 Å². The maximum Gasteiger partial charge on any atom is 0.115 e. The van der Waals surface area contributed by atoms with E-state index in [1.807, 2.05) is 24.5 Å². The number of hydrogen-bond donors (Lipinski definition) is 2. The van der Waals surface area contributed by atoms with Crippen molar-refractivity contribution in [2.75, 3.05) is 6.54 Å². The van der Waals surface area contributed by atoms with Crippen LogP contribution in [0.25, 0.3) is 6.08 Å². The molecule has 1 aliphatic heterocycles. The van der Waals surface area contributed by atoms with Gasteiger partial charge in [0.25, 0.3) is 0 Å². The molecule has 0 fully saturated rings. The minimum absolute atomic E-state index is 0.142. The van der Waals surface area contributed by atoms with Crippen molar-refractivity contribution < 1.29 is 0 Å². The fourth-order valence-electron chi connectivity index (χ4n) is 2.22. The van der Waals surface area contributed by atoms with Gasteiger partial charge in [-0.1, -0.05) is 18.5 Å². The number of nitrogens with one attached hydrogen (secondary N) is 2. The molecular formula is C14H14ClN5. The van der Waals surface area contributed by atoms with Crippen LogP contribution in [0, 0.1) is 0 Å². The van der Waals surface area contributed by atoms with Crippen LogP contribution < -0.4 is 5.43 Å². The van der Waals surface area contributed by atoms with Crippen LogP contribution in [0.5, 0.6) is 0 Å². The number of hydrazone groups is 1. The third-order valence-electron chi connectivity index (χ3n) is 3.29. The molecule has 6 heteroatoms. The molecule has 0 aromatic carbocycles. The second kappa shape index (κ2) is 5.46. The molecule has 0 aliphatic carbocycles. The average molecular weight is 288 g/mol. The van der Waals surface area contributed by atoms with Gasteiger partial charge in [0.1, 0.15) is 11.5 Å². The molecule has 0 saturated carbocycles. The second-order valence-corrected chi connectivity index (χ2v) is 5.06. The lowest BCUT2D eigenvalue weighted by molar-refractivity contribution is 0.852. The third kappa shape index (κ3) is 2.58. The molecule has 2 aromatic heterocycles. The zero-order valence-electron chi connectivity index (χ0n) is 11.0. The van der Waals surface area contributed by atoms with Gasteiger partial charge in [-0.05, 0) is 29.3 Å². The molecule has 1 unspecified atom stereocenters. The summed E-state index contributed by atoms with van der Waals surface area (Å²) in [6.45, 7) is 2.81. The number of nitrogens with zero attached hydrogens (tertiary/aromatic N) is 3. The van der Waals surface area contributed by atoms with Gasteiger partial charge in [0.2, 0.25) is 0 Å². The quantitative estimate of drug-likeness (QED) is 0.912. The fourth-order valence-corrected chi connectivity index (χ4v) is 2.39. The van der Waals surface area contributed by atoms with Crippen LogP contribution in [0.3, 0.4) is 0 Å². The van der Waals surface area contributed by atoms with E-state index in [9.17, 15) is 0 Å². The first-order chi connectivity index (χ1) is 9.74. The number of H-pyrrole nitrogens is 1. The largest absolute Gasteiger partial charge is 0.346 e. The van der Waals surface area contributed by atoms with Crippen molar-refractivity contribution in [3.8, 4) is 0 Å². The number of rotatable bonds is 3. The first-order valence-electron chi connectivity index (χ1n) is 6.35. The van der Waals surface area contributed by atoms with Crippen molar-refractivity contribution in [3.05, 3.63) is 52.8 Å². The molecule has 0 radical (unpaired) electrons. The lowest BCUT2D eigenvalue weighted by Crippen LogP contribution is -2.11. The van der Waals surface area contributed by atoms with Gasteiger partial charge in [0.15, 0.2) is 0 Å². The molecule has 1 aliphatic rings. The van der Waals surface area contributed by atoms with Gasteiger partial charge in [-0.15, -0.1) is 0 Å². The molecule has 102 valence electrons. The monoisotopic (exact) mass is 287 g/mol. The maximum absolute atomic E-state index is 5.89. The van der Waals surface area contributed by atoms with Crippen LogP contribution in [0.1, 0.15) is 24.1 Å². The molecule has 5 nitrogen and oxygen atoms in total. The van der Waals surface area contributed by atoms with E-state index in [2.05, 4.69) is 38.5 Å². The summed E-state index contributed by atoms with van der Waals surface area (Å²) >= 11 is 5.89. The molecule has 0 bridgehead atoms. The van der Waals surface area contributed by atoms with Crippen LogP contribution in [-0.4, -0.2) is 27.2 Å². The molecule has 1 atom stereocenters. The lowest BCUT2D eigenvalue weighted by Gasteiger charge is -2.11. The molecular weight excluding hydrogens is 274 g/mol. The van der Waals surface area contributed by atoms with E-state index in [4.69, 9.17) is 11.6 Å². The summed E-state index contributed by atoms with van der Waals surface area (Å²) in [5.74, 6) is 0.142. The van der Waals surface area contributed by atoms with Crippen LogP contribution in [0.2, 0.25) is 5.15 Å². The van der Waals surface area contributed by atoms with E-state index in [0.717, 1.165) is 22.5 Å². The Morgan fingerprint density at radius 3 is 2.80 bits per heavy atom. The second-order valence-electron chi connectivity index (χ2n) is 4.66. The number of aromatic nitrogens is 3. The predicted molar refractivity (Wildman–Crippen MR) is 79.7 cm³/mol. The Bertz CT molecular complexity index is 659. The van der Waals surface area contributed by atoms with Crippen molar-refractivity contribution in [3.63, 3.8) is 0 Å². The van der Waals surface area contributed by atoms with Gasteiger partial charge in [-0.2, -0.15) is 5.10 Å². The molecule has 0 saturated heterocycles. The van der Waals surface area contributed by atoms with E-state index in [-0.39, 0.29) is 5.92 Å². The summed E-state index contributed by atoms with van der Waals surface area (Å²) in [4.78, 5) is 11.2. The summed E-state index contributed by atoms with van der Waals surface area (Å²) in [6.07, 6.45) is 7.23. The van der Waals surface area contributed by atoms with E-state index in [1.165, 1.54) is 6.33 Å². The molecule has 3 heterocycles. The first-order valence-corrected chi connectivity index (χ1v) is 6.72. The van der Waals surface area contributed by atoms with Crippen LogP contribution in [0.4, 0.5) is 0 Å². The van der Waals surface area contributed by atoms with Crippen molar-refractivity contribution in [1.82, 2.24) is 20.4 Å². The van der Waals surface area contributed by atoms with E-state index in [0.29, 0.717) is 11.7 Å². The summed E-state index contributed by atoms with van der Waals surface area (Å²) in [5, 5.41) is 5.02. The SMILES string of the molecule is CC(C1=NNC/C1=C\c1ccc(Cl)[nH]1)c1cncnc1. The normalized spacial score (nSPS) is 17.9. The van der Waals surface area contributed by atoms with Crippen LogP contribution in [-0.2, 0) is 0 Å². The van der Waals surface area contributed by atoms with E-state index in [1.54, 1.807) is 0 Å². The minimum atomic E-state index is 0.142. The Hall–Kier alpha value is -2.14. The van der Waals surface area contributed by atoms with Gasteiger partial charge in [0, 0.05) is 24.0 Å². The van der Waals surface area contributed by atoms with Crippen LogP contribution in [0.15, 0.2) is 41.5 Å². The molecule has 0 spiro atoms. The maximum atomic E-state index is 5.89. The van der Waals surface area contributed by atoms with Gasteiger partial charge in [0.05, 0.1) is 12.3 Å². The number of aromatic amines is 1. The van der Waals surface area contributed by atoms with E-state index < -0.39 is 0 Å². The number of hydrogen-bond acceptors (Lipinski definition) is 4. The highest BCUT2D eigenvalue weighted by molar-refractivity contribution is 6.29. The van der Waals surface area contributed by atoms with Gasteiger partial charge < -0.3 is 10.4 Å². The van der Waals surface area contributed by atoms with Crippen molar-refractivity contribution in [1.29, 1.82) is 0 Å². The minimum Gasteiger partial charge on any atom is -0.346 e. The standard InChI is InChI=1S/C14H14ClN5/c1-9(11-5-16-8-17-6-11)14-10(7-18-20-14)4-12-2-3-13(15)19-12/h2-6,8-9,18-19H,7H2,1H3/b10-4+. The fraction of sp³-hybridized carbons (Fsp3) is 0.214. The summed E-state index contributed by atoms with van der Waals surface area (Å²) in [7, 11) is 0. The summed E-state index contributed by atoms with van der Waals surface area (Å²) < 4.78 is 0. The highest BCUT2D eigenvalue weighted by atomic mass is 35.5. The predicted octanol–water partition coefficient (Wildman–Crippen LogP) is 2.60. The number of halogens is 1. The summed E-state index contributed by atoms with van der Waals surface area (Å²) in [6, 6.07) is 3.78.